The van der Waals surface area contributed by atoms with Crippen molar-refractivity contribution in [3.05, 3.63) is 29.8 Å². The largest absolute Gasteiger partial charge is 0.481 e. The molecule has 2 atom stereocenters. The number of carbonyl (C=O) groups is 2. The van der Waals surface area contributed by atoms with Crippen molar-refractivity contribution in [2.45, 2.75) is 39.2 Å². The maximum atomic E-state index is 12.3. The molecule has 114 valence electrons. The zero-order valence-corrected chi connectivity index (χ0v) is 12.5. The molecule has 0 saturated carbocycles. The molecule has 0 aliphatic carbocycles. The van der Waals surface area contributed by atoms with Crippen molar-refractivity contribution in [2.24, 2.45) is 5.92 Å². The number of anilines is 1. The molecule has 1 heterocycles. The lowest BCUT2D eigenvalue weighted by Crippen LogP contribution is -2.46. The van der Waals surface area contributed by atoms with E-state index in [0.717, 1.165) is 19.4 Å². The summed E-state index contributed by atoms with van der Waals surface area (Å²) in [5, 5.41) is 11.7. The molecule has 1 aromatic rings. The summed E-state index contributed by atoms with van der Waals surface area (Å²) < 4.78 is 0. The minimum atomic E-state index is -0.878. The van der Waals surface area contributed by atoms with Crippen molar-refractivity contribution in [1.82, 2.24) is 4.90 Å². The number of nitrogens with one attached hydrogen (secondary N) is 1. The van der Waals surface area contributed by atoms with E-state index < -0.39 is 5.97 Å². The third kappa shape index (κ3) is 4.21. The average Bonchev–Trinajstić information content (AvgIpc) is 2.37. The van der Waals surface area contributed by atoms with Gasteiger partial charge in [-0.15, -0.1) is 0 Å². The monoisotopic (exact) mass is 290 g/mol. The van der Waals surface area contributed by atoms with Gasteiger partial charge in [0.05, 0.1) is 6.42 Å². The lowest BCUT2D eigenvalue weighted by molar-refractivity contribution is -0.136. The van der Waals surface area contributed by atoms with Crippen molar-refractivity contribution >= 4 is 17.7 Å². The number of urea groups is 1. The highest BCUT2D eigenvalue weighted by Crippen LogP contribution is 2.23. The third-order valence-electron chi connectivity index (χ3n) is 3.93. The van der Waals surface area contributed by atoms with Crippen molar-refractivity contribution in [1.29, 1.82) is 0 Å². The fourth-order valence-corrected chi connectivity index (χ4v) is 2.84. The summed E-state index contributed by atoms with van der Waals surface area (Å²) in [5.74, 6) is -0.222. The van der Waals surface area contributed by atoms with Gasteiger partial charge in [-0.3, -0.25) is 4.79 Å². The summed E-state index contributed by atoms with van der Waals surface area (Å²) in [6, 6.07) is 7.12. The van der Waals surface area contributed by atoms with Crippen LogP contribution < -0.4 is 5.32 Å². The number of carboxylic acid groups (broad SMARTS) is 1. The average molecular weight is 290 g/mol. The highest BCUT2D eigenvalue weighted by molar-refractivity contribution is 5.89. The van der Waals surface area contributed by atoms with E-state index in [4.69, 9.17) is 5.11 Å². The first-order chi connectivity index (χ1) is 9.95. The summed E-state index contributed by atoms with van der Waals surface area (Å²) in [4.78, 5) is 24.9. The molecular weight excluding hydrogens is 268 g/mol. The zero-order chi connectivity index (χ0) is 15.4. The van der Waals surface area contributed by atoms with Crippen LogP contribution in [0.2, 0.25) is 0 Å². The molecule has 2 amide bonds. The Morgan fingerprint density at radius 1 is 1.38 bits per heavy atom. The van der Waals surface area contributed by atoms with E-state index in [1.165, 1.54) is 0 Å². The van der Waals surface area contributed by atoms with Crippen molar-refractivity contribution in [2.75, 3.05) is 11.9 Å². The molecule has 0 aromatic heterocycles. The van der Waals surface area contributed by atoms with Crippen molar-refractivity contribution in [3.63, 3.8) is 0 Å². The van der Waals surface area contributed by atoms with E-state index in [-0.39, 0.29) is 18.5 Å². The predicted molar refractivity (Wildman–Crippen MR) is 81.4 cm³/mol. The molecular formula is C16H22N2O3. The molecule has 1 fully saturated rings. The highest BCUT2D eigenvalue weighted by Gasteiger charge is 2.26. The Balaban J connectivity index is 2.00. The Bertz CT molecular complexity index is 530. The molecule has 1 aliphatic heterocycles. The Labute approximate surface area is 125 Å². The number of rotatable bonds is 3. The molecule has 0 spiro atoms. The van der Waals surface area contributed by atoms with Crippen LogP contribution in [-0.2, 0) is 11.2 Å². The van der Waals surface area contributed by atoms with Crippen LogP contribution in [0.5, 0.6) is 0 Å². The molecule has 0 radical (unpaired) electrons. The van der Waals surface area contributed by atoms with Gasteiger partial charge in [0.2, 0.25) is 0 Å². The molecule has 1 aliphatic rings. The van der Waals surface area contributed by atoms with Crippen LogP contribution in [0.25, 0.3) is 0 Å². The number of aliphatic carboxylic acids is 1. The second-order valence-electron chi connectivity index (χ2n) is 5.87. The van der Waals surface area contributed by atoms with Gasteiger partial charge in [0, 0.05) is 18.3 Å². The quantitative estimate of drug-likeness (QED) is 0.899. The number of hydrogen-bond donors (Lipinski definition) is 2. The van der Waals surface area contributed by atoms with Crippen LogP contribution in [0, 0.1) is 5.92 Å². The van der Waals surface area contributed by atoms with E-state index in [0.29, 0.717) is 17.2 Å². The van der Waals surface area contributed by atoms with Crippen molar-refractivity contribution < 1.29 is 14.7 Å². The number of amides is 2. The van der Waals surface area contributed by atoms with Gasteiger partial charge in [-0.25, -0.2) is 4.79 Å². The maximum absolute atomic E-state index is 12.3. The van der Waals surface area contributed by atoms with Crippen LogP contribution in [0.1, 0.15) is 32.3 Å². The summed E-state index contributed by atoms with van der Waals surface area (Å²) in [6.45, 7) is 5.04. The van der Waals surface area contributed by atoms with E-state index in [1.54, 1.807) is 24.3 Å². The number of hydrogen-bond acceptors (Lipinski definition) is 2. The first-order valence-corrected chi connectivity index (χ1v) is 7.34. The second-order valence-corrected chi connectivity index (χ2v) is 5.87. The van der Waals surface area contributed by atoms with E-state index in [9.17, 15) is 9.59 Å². The number of nitrogens with zero attached hydrogens (tertiary/aromatic N) is 1. The molecule has 1 saturated heterocycles. The number of carboxylic acids is 1. The van der Waals surface area contributed by atoms with Gasteiger partial charge in [0.15, 0.2) is 0 Å². The van der Waals surface area contributed by atoms with Gasteiger partial charge >= 0.3 is 12.0 Å². The first-order valence-electron chi connectivity index (χ1n) is 7.34. The molecule has 2 unspecified atom stereocenters. The van der Waals surface area contributed by atoms with Crippen LogP contribution in [0.4, 0.5) is 10.5 Å². The number of benzene rings is 1. The van der Waals surface area contributed by atoms with Gasteiger partial charge in [-0.1, -0.05) is 19.1 Å². The Morgan fingerprint density at radius 3 is 2.81 bits per heavy atom. The molecule has 5 heteroatoms. The maximum Gasteiger partial charge on any atom is 0.322 e. The molecule has 21 heavy (non-hydrogen) atoms. The smallest absolute Gasteiger partial charge is 0.322 e. The Hall–Kier alpha value is -2.04. The number of likely N-dealkylation sites (tertiary alicyclic amines) is 1. The minimum Gasteiger partial charge on any atom is -0.481 e. The lowest BCUT2D eigenvalue weighted by atomic mass is 9.94. The van der Waals surface area contributed by atoms with Crippen LogP contribution in [-0.4, -0.2) is 34.6 Å². The zero-order valence-electron chi connectivity index (χ0n) is 12.5. The van der Waals surface area contributed by atoms with Gasteiger partial charge in [0.25, 0.3) is 0 Å². The molecule has 5 nitrogen and oxygen atoms in total. The first kappa shape index (κ1) is 15.4. The van der Waals surface area contributed by atoms with E-state index in [1.807, 2.05) is 4.90 Å². The Kier molecular flexibility index (Phi) is 4.83. The fourth-order valence-electron chi connectivity index (χ4n) is 2.84. The van der Waals surface area contributed by atoms with E-state index in [2.05, 4.69) is 19.2 Å². The predicted octanol–water partition coefficient (Wildman–Crippen LogP) is 2.97. The molecule has 2 N–H and O–H groups in total. The topological polar surface area (TPSA) is 69.6 Å². The van der Waals surface area contributed by atoms with Gasteiger partial charge in [-0.2, -0.15) is 0 Å². The summed E-state index contributed by atoms with van der Waals surface area (Å²) >= 11 is 0. The molecule has 2 rings (SSSR count). The summed E-state index contributed by atoms with van der Waals surface area (Å²) in [7, 11) is 0. The van der Waals surface area contributed by atoms with Crippen molar-refractivity contribution in [3.8, 4) is 0 Å². The lowest BCUT2D eigenvalue weighted by Gasteiger charge is -2.36. The second kappa shape index (κ2) is 6.61. The van der Waals surface area contributed by atoms with E-state index >= 15 is 0 Å². The van der Waals surface area contributed by atoms with Crippen LogP contribution >= 0.6 is 0 Å². The molecule has 1 aromatic carbocycles. The third-order valence-corrected chi connectivity index (χ3v) is 3.93. The summed E-state index contributed by atoms with van der Waals surface area (Å²) in [5.41, 5.74) is 1.32. The molecule has 0 bridgehead atoms. The number of piperidine rings is 1. The highest BCUT2D eigenvalue weighted by atomic mass is 16.4. The Morgan fingerprint density at radius 2 is 2.14 bits per heavy atom. The van der Waals surface area contributed by atoms with Gasteiger partial charge in [-0.05, 0) is 43.4 Å². The van der Waals surface area contributed by atoms with Gasteiger partial charge in [0.1, 0.15) is 0 Å². The van der Waals surface area contributed by atoms with Crippen LogP contribution in [0.15, 0.2) is 24.3 Å². The van der Waals surface area contributed by atoms with Crippen LogP contribution in [0.3, 0.4) is 0 Å². The minimum absolute atomic E-state index is 0.0403. The SMILES string of the molecule is CC1CCN(C(=O)Nc2cccc(CC(=O)O)c2)C(C)C1. The standard InChI is InChI=1S/C16H22N2O3/c1-11-6-7-18(12(2)8-11)16(21)17-14-5-3-4-13(9-14)10-15(19)20/h3-5,9,11-12H,6-8,10H2,1-2H3,(H,17,21)(H,19,20). The number of carbonyl (C=O) groups excluding carboxylic acids is 1. The van der Waals surface area contributed by atoms with Gasteiger partial charge < -0.3 is 15.3 Å². The fraction of sp³-hybridized carbons (Fsp3) is 0.500. The summed E-state index contributed by atoms with van der Waals surface area (Å²) in [6.07, 6.45) is 2.00. The normalized spacial score (nSPS) is 21.9.